The summed E-state index contributed by atoms with van der Waals surface area (Å²) in [5, 5.41) is 14.5. The Kier molecular flexibility index (Phi) is 11.4. The van der Waals surface area contributed by atoms with Crippen LogP contribution >= 0.6 is 0 Å². The molecule has 0 heterocycles. The van der Waals surface area contributed by atoms with E-state index in [1.54, 1.807) is 45.0 Å². The summed E-state index contributed by atoms with van der Waals surface area (Å²) in [7, 11) is 1.17. The summed E-state index contributed by atoms with van der Waals surface area (Å²) >= 11 is 0. The summed E-state index contributed by atoms with van der Waals surface area (Å²) < 4.78 is 9.87. The van der Waals surface area contributed by atoms with Crippen molar-refractivity contribution in [3.8, 4) is 18.4 Å². The highest BCUT2D eigenvalue weighted by molar-refractivity contribution is 5.93. The standard InChI is InChI=1S/C26H34N4O6/c1-8-18-11-9-10-12-19(18)22(23(32)28-16-21(31)35-7)30(14-13-27)24(33)20(15-17(2)3)29-25(34)36-26(4,5)6/h1,9-12,17,20,22H,14-16H2,2-7H3,(H,28,32)(H,29,34). The van der Waals surface area contributed by atoms with E-state index in [1.807, 2.05) is 19.9 Å². The lowest BCUT2D eigenvalue weighted by molar-refractivity contribution is -0.144. The van der Waals surface area contributed by atoms with Crippen molar-refractivity contribution >= 4 is 23.9 Å². The van der Waals surface area contributed by atoms with Gasteiger partial charge in [-0.15, -0.1) is 6.42 Å². The molecule has 0 spiro atoms. The van der Waals surface area contributed by atoms with Crippen LogP contribution in [0.1, 0.15) is 58.2 Å². The van der Waals surface area contributed by atoms with Crippen molar-refractivity contribution in [2.45, 2.75) is 58.7 Å². The number of nitrogens with one attached hydrogen (secondary N) is 2. The lowest BCUT2D eigenvalue weighted by Crippen LogP contribution is -2.53. The third kappa shape index (κ3) is 9.30. The van der Waals surface area contributed by atoms with Gasteiger partial charge < -0.3 is 25.0 Å². The normalized spacial score (nSPS) is 12.4. The van der Waals surface area contributed by atoms with E-state index in [1.165, 1.54) is 7.11 Å². The zero-order valence-electron chi connectivity index (χ0n) is 21.6. The zero-order valence-corrected chi connectivity index (χ0v) is 21.6. The van der Waals surface area contributed by atoms with Gasteiger partial charge in [0.25, 0.3) is 0 Å². The fraction of sp³-hybridized carbons (Fsp3) is 0.500. The molecule has 0 fully saturated rings. The summed E-state index contributed by atoms with van der Waals surface area (Å²) in [5.41, 5.74) is -0.192. The van der Waals surface area contributed by atoms with Gasteiger partial charge in [0.1, 0.15) is 30.8 Å². The first-order valence-electron chi connectivity index (χ1n) is 11.4. The second kappa shape index (κ2) is 13.7. The van der Waals surface area contributed by atoms with Gasteiger partial charge in [-0.1, -0.05) is 38.0 Å². The maximum atomic E-state index is 13.8. The molecule has 0 radical (unpaired) electrons. The quantitative estimate of drug-likeness (QED) is 0.287. The fourth-order valence-corrected chi connectivity index (χ4v) is 3.36. The number of methoxy groups -OCH3 is 1. The van der Waals surface area contributed by atoms with Crippen molar-refractivity contribution in [2.24, 2.45) is 5.92 Å². The lowest BCUT2D eigenvalue weighted by atomic mass is 9.96. The van der Waals surface area contributed by atoms with Gasteiger partial charge in [0.2, 0.25) is 11.8 Å². The molecule has 2 unspecified atom stereocenters. The van der Waals surface area contributed by atoms with Crippen LogP contribution < -0.4 is 10.6 Å². The van der Waals surface area contributed by atoms with E-state index in [0.717, 1.165) is 4.90 Å². The molecule has 1 aromatic carbocycles. The van der Waals surface area contributed by atoms with Gasteiger partial charge in [-0.2, -0.15) is 5.26 Å². The number of hydrogen-bond donors (Lipinski definition) is 2. The Morgan fingerprint density at radius 3 is 2.33 bits per heavy atom. The van der Waals surface area contributed by atoms with Crippen LogP contribution in [0.5, 0.6) is 0 Å². The number of ether oxygens (including phenoxy) is 2. The molecule has 0 saturated carbocycles. The van der Waals surface area contributed by atoms with Crippen molar-refractivity contribution < 1.29 is 28.7 Å². The van der Waals surface area contributed by atoms with Crippen LogP contribution in [0.25, 0.3) is 0 Å². The Morgan fingerprint density at radius 2 is 1.81 bits per heavy atom. The highest BCUT2D eigenvalue weighted by Crippen LogP contribution is 2.26. The molecule has 10 heteroatoms. The number of hydrogen-bond acceptors (Lipinski definition) is 7. The van der Waals surface area contributed by atoms with Gasteiger partial charge >= 0.3 is 12.1 Å². The van der Waals surface area contributed by atoms with E-state index in [0.29, 0.717) is 5.56 Å². The number of terminal acetylenes is 1. The van der Waals surface area contributed by atoms with Crippen molar-refractivity contribution in [3.05, 3.63) is 35.4 Å². The van der Waals surface area contributed by atoms with Crippen LogP contribution in [0.3, 0.4) is 0 Å². The maximum Gasteiger partial charge on any atom is 0.408 e. The Hall–Kier alpha value is -4.05. The zero-order chi connectivity index (χ0) is 27.5. The average molecular weight is 499 g/mol. The average Bonchev–Trinajstić information content (AvgIpc) is 2.80. The minimum atomic E-state index is -1.36. The SMILES string of the molecule is C#Cc1ccccc1C(C(=O)NCC(=O)OC)N(CC#N)C(=O)C(CC(C)C)NC(=O)OC(C)(C)C. The molecule has 0 aromatic heterocycles. The summed E-state index contributed by atoms with van der Waals surface area (Å²) in [4.78, 5) is 52.2. The molecular formula is C26H34N4O6. The third-order valence-electron chi connectivity index (χ3n) is 4.83. The maximum absolute atomic E-state index is 13.8. The van der Waals surface area contributed by atoms with Crippen molar-refractivity contribution in [3.63, 3.8) is 0 Å². The van der Waals surface area contributed by atoms with E-state index < -0.39 is 54.7 Å². The first-order chi connectivity index (χ1) is 16.8. The Labute approximate surface area is 212 Å². The van der Waals surface area contributed by atoms with Crippen LogP contribution in [0.15, 0.2) is 24.3 Å². The van der Waals surface area contributed by atoms with Crippen molar-refractivity contribution in [1.29, 1.82) is 5.26 Å². The number of amides is 3. The van der Waals surface area contributed by atoms with Crippen LogP contribution in [-0.4, -0.2) is 60.6 Å². The van der Waals surface area contributed by atoms with Gasteiger partial charge in [0.05, 0.1) is 13.2 Å². The van der Waals surface area contributed by atoms with Crippen molar-refractivity contribution in [2.75, 3.05) is 20.2 Å². The minimum Gasteiger partial charge on any atom is -0.468 e. The molecule has 3 amide bonds. The fourth-order valence-electron chi connectivity index (χ4n) is 3.36. The molecule has 2 atom stereocenters. The molecule has 2 N–H and O–H groups in total. The number of carbonyl (C=O) groups excluding carboxylic acids is 4. The van der Waals surface area contributed by atoms with Crippen LogP contribution in [0.2, 0.25) is 0 Å². The number of alkyl carbamates (subject to hydrolysis) is 1. The molecule has 194 valence electrons. The summed E-state index contributed by atoms with van der Waals surface area (Å²) in [6.07, 6.45) is 5.04. The second-order valence-corrected chi connectivity index (χ2v) is 9.38. The smallest absolute Gasteiger partial charge is 0.408 e. The number of nitrogens with zero attached hydrogens (tertiary/aromatic N) is 2. The van der Waals surface area contributed by atoms with Gasteiger partial charge in [0.15, 0.2) is 0 Å². The van der Waals surface area contributed by atoms with Gasteiger partial charge in [-0.3, -0.25) is 14.4 Å². The third-order valence-corrected chi connectivity index (χ3v) is 4.83. The molecule has 0 saturated heterocycles. The monoisotopic (exact) mass is 498 g/mol. The van der Waals surface area contributed by atoms with E-state index >= 15 is 0 Å². The van der Waals surface area contributed by atoms with Crippen LogP contribution in [0, 0.1) is 29.6 Å². The lowest BCUT2D eigenvalue weighted by Gasteiger charge is -2.33. The first-order valence-corrected chi connectivity index (χ1v) is 11.4. The van der Waals surface area contributed by atoms with Crippen LogP contribution in [-0.2, 0) is 23.9 Å². The number of esters is 1. The Bertz CT molecular complexity index is 1030. The van der Waals surface area contributed by atoms with Crippen LogP contribution in [0.4, 0.5) is 4.79 Å². The number of nitriles is 1. The molecule has 1 aromatic rings. The van der Waals surface area contributed by atoms with E-state index in [-0.39, 0.29) is 17.9 Å². The largest absolute Gasteiger partial charge is 0.468 e. The first kappa shape index (κ1) is 30.0. The predicted octanol–water partition coefficient (Wildman–Crippen LogP) is 2.29. The summed E-state index contributed by atoms with van der Waals surface area (Å²) in [6.45, 7) is 7.84. The highest BCUT2D eigenvalue weighted by atomic mass is 16.6. The summed E-state index contributed by atoms with van der Waals surface area (Å²) in [6, 6.07) is 5.91. The molecular weight excluding hydrogens is 464 g/mol. The van der Waals surface area contributed by atoms with E-state index in [2.05, 4.69) is 21.3 Å². The number of rotatable bonds is 10. The minimum absolute atomic E-state index is 0.0255. The molecule has 1 rings (SSSR count). The predicted molar refractivity (Wildman–Crippen MR) is 132 cm³/mol. The highest BCUT2D eigenvalue weighted by Gasteiger charge is 2.37. The molecule has 0 aliphatic heterocycles. The molecule has 0 aliphatic rings. The topological polar surface area (TPSA) is 138 Å². The van der Waals surface area contributed by atoms with Gasteiger partial charge in [0, 0.05) is 5.56 Å². The van der Waals surface area contributed by atoms with Gasteiger partial charge in [-0.05, 0) is 44.7 Å². The summed E-state index contributed by atoms with van der Waals surface area (Å²) in [5.74, 6) is 0.332. The van der Waals surface area contributed by atoms with Gasteiger partial charge in [-0.25, -0.2) is 4.79 Å². The van der Waals surface area contributed by atoms with Crippen molar-refractivity contribution in [1.82, 2.24) is 15.5 Å². The number of carbonyl (C=O) groups is 4. The van der Waals surface area contributed by atoms with E-state index in [4.69, 9.17) is 11.2 Å². The molecule has 10 nitrogen and oxygen atoms in total. The molecule has 0 bridgehead atoms. The second-order valence-electron chi connectivity index (χ2n) is 9.38. The Morgan fingerprint density at radius 1 is 1.17 bits per heavy atom. The van der Waals surface area contributed by atoms with E-state index in [9.17, 15) is 24.4 Å². The number of benzene rings is 1. The molecule has 36 heavy (non-hydrogen) atoms. The Balaban J connectivity index is 3.52. The molecule has 0 aliphatic carbocycles.